The third kappa shape index (κ3) is 3.26. The summed E-state index contributed by atoms with van der Waals surface area (Å²) in [5, 5.41) is 19.2. The average molecular weight is 406 g/mol. The van der Waals surface area contributed by atoms with E-state index in [0.29, 0.717) is 29.3 Å². The molecule has 1 aromatic heterocycles. The minimum atomic E-state index is -0.393. The Morgan fingerprint density at radius 1 is 1.20 bits per heavy atom. The molecule has 0 unspecified atom stereocenters. The molecule has 1 aliphatic rings. The Morgan fingerprint density at radius 3 is 2.60 bits per heavy atom. The number of hydrogen-bond donors (Lipinski definition) is 2. The predicted molar refractivity (Wildman–Crippen MR) is 113 cm³/mol. The van der Waals surface area contributed by atoms with Crippen LogP contribution < -0.4 is 4.74 Å². The number of methoxy groups -OCH3 is 2. The molecular formula is C22H22N4O4. The maximum Gasteiger partial charge on any atom is 0.337 e. The Balaban J connectivity index is 1.59. The summed E-state index contributed by atoms with van der Waals surface area (Å²) >= 11 is 0. The van der Waals surface area contributed by atoms with Crippen molar-refractivity contribution in [1.82, 2.24) is 14.5 Å². The van der Waals surface area contributed by atoms with E-state index in [1.54, 1.807) is 24.1 Å². The predicted octanol–water partition coefficient (Wildman–Crippen LogP) is 3.13. The summed E-state index contributed by atoms with van der Waals surface area (Å²) in [6.45, 7) is 0.644. The molecule has 0 saturated carbocycles. The van der Waals surface area contributed by atoms with Gasteiger partial charge in [-0.05, 0) is 29.8 Å². The Labute approximate surface area is 173 Å². The minimum Gasteiger partial charge on any atom is -0.510 e. The molecule has 4 rings (SSSR count). The van der Waals surface area contributed by atoms with Crippen LogP contribution in [0.1, 0.15) is 21.7 Å². The molecule has 8 nitrogen and oxygen atoms in total. The van der Waals surface area contributed by atoms with Crippen molar-refractivity contribution in [2.45, 2.75) is 6.54 Å². The third-order valence-corrected chi connectivity index (χ3v) is 5.24. The van der Waals surface area contributed by atoms with Crippen molar-refractivity contribution in [3.05, 3.63) is 65.2 Å². The van der Waals surface area contributed by atoms with Gasteiger partial charge in [0.25, 0.3) is 0 Å². The van der Waals surface area contributed by atoms with E-state index in [-0.39, 0.29) is 18.1 Å². The molecule has 0 fully saturated rings. The Hall–Kier alpha value is -3.81. The van der Waals surface area contributed by atoms with Gasteiger partial charge in [-0.1, -0.05) is 12.1 Å². The molecule has 0 aliphatic carbocycles. The molecule has 0 spiro atoms. The van der Waals surface area contributed by atoms with Crippen LogP contribution in [0, 0.1) is 5.41 Å². The number of carbonyl (C=O) groups excluding carboxylic acids is 1. The first kappa shape index (κ1) is 19.5. The lowest BCUT2D eigenvalue weighted by atomic mass is 10.1. The first-order valence-electron chi connectivity index (χ1n) is 9.37. The van der Waals surface area contributed by atoms with Crippen molar-refractivity contribution in [2.75, 3.05) is 20.8 Å². The molecule has 2 aromatic carbocycles. The third-order valence-electron chi connectivity index (χ3n) is 5.24. The van der Waals surface area contributed by atoms with E-state index < -0.39 is 5.97 Å². The maximum absolute atomic E-state index is 11.6. The summed E-state index contributed by atoms with van der Waals surface area (Å²) in [5.41, 5.74) is 3.41. The number of aliphatic hydroxyl groups is 1. The number of ether oxygens (including phenoxy) is 2. The summed E-state index contributed by atoms with van der Waals surface area (Å²) in [5.74, 6) is 1.15. The van der Waals surface area contributed by atoms with Crippen LogP contribution in [0.5, 0.6) is 5.75 Å². The van der Waals surface area contributed by atoms with Gasteiger partial charge in [0.15, 0.2) is 0 Å². The van der Waals surface area contributed by atoms with Gasteiger partial charge >= 0.3 is 5.97 Å². The second kappa shape index (κ2) is 7.55. The quantitative estimate of drug-likeness (QED) is 0.632. The Bertz CT molecular complexity index is 1180. The second-order valence-corrected chi connectivity index (χ2v) is 7.06. The van der Waals surface area contributed by atoms with Crippen LogP contribution in [-0.2, 0) is 18.3 Å². The monoisotopic (exact) mass is 406 g/mol. The molecule has 1 aliphatic heterocycles. The number of amidine groups is 1. The normalized spacial score (nSPS) is 14.0. The largest absolute Gasteiger partial charge is 0.510 e. The standard InChI is InChI=1S/C22H22N4O4/c1-25-17-9-8-15(29-2)10-16(17)24-21(25)19-18(27)12-26(20(19)23)11-13-4-6-14(7-5-13)22(28)30-3/h4-10,23,27H,11-12H2,1-3H3. The van der Waals surface area contributed by atoms with Crippen molar-refractivity contribution >= 4 is 28.4 Å². The van der Waals surface area contributed by atoms with Crippen molar-refractivity contribution in [3.63, 3.8) is 0 Å². The first-order chi connectivity index (χ1) is 14.4. The van der Waals surface area contributed by atoms with Gasteiger partial charge in [-0.2, -0.15) is 0 Å². The number of aromatic nitrogens is 2. The van der Waals surface area contributed by atoms with Crippen LogP contribution in [0.15, 0.2) is 48.2 Å². The zero-order valence-electron chi connectivity index (χ0n) is 17.0. The molecule has 0 bridgehead atoms. The number of nitrogens with zero attached hydrogens (tertiary/aromatic N) is 3. The Kier molecular flexibility index (Phi) is 4.91. The smallest absolute Gasteiger partial charge is 0.337 e. The van der Waals surface area contributed by atoms with Gasteiger partial charge in [0, 0.05) is 19.7 Å². The van der Waals surface area contributed by atoms with Crippen LogP contribution in [0.3, 0.4) is 0 Å². The van der Waals surface area contributed by atoms with E-state index in [1.165, 1.54) is 7.11 Å². The highest BCUT2D eigenvalue weighted by Gasteiger charge is 2.31. The SMILES string of the molecule is COC(=O)c1ccc(CN2CC(O)=C(c3nc4cc(OC)ccc4n3C)C2=N)cc1. The fourth-order valence-electron chi connectivity index (χ4n) is 3.62. The summed E-state index contributed by atoms with van der Waals surface area (Å²) in [6, 6.07) is 12.6. The van der Waals surface area contributed by atoms with Crippen molar-refractivity contribution in [1.29, 1.82) is 5.41 Å². The summed E-state index contributed by atoms with van der Waals surface area (Å²) < 4.78 is 11.8. The van der Waals surface area contributed by atoms with Crippen LogP contribution in [0.4, 0.5) is 0 Å². The van der Waals surface area contributed by atoms with Crippen molar-refractivity contribution in [3.8, 4) is 5.75 Å². The number of nitrogens with one attached hydrogen (secondary N) is 1. The van der Waals surface area contributed by atoms with E-state index in [0.717, 1.165) is 16.6 Å². The fraction of sp³-hybridized carbons (Fsp3) is 0.227. The highest BCUT2D eigenvalue weighted by atomic mass is 16.5. The lowest BCUT2D eigenvalue weighted by Gasteiger charge is -2.19. The van der Waals surface area contributed by atoms with Crippen molar-refractivity contribution < 1.29 is 19.4 Å². The summed E-state index contributed by atoms with van der Waals surface area (Å²) in [4.78, 5) is 18.0. The molecular weight excluding hydrogens is 384 g/mol. The van der Waals surface area contributed by atoms with E-state index in [9.17, 15) is 9.90 Å². The topological polar surface area (TPSA) is 101 Å². The van der Waals surface area contributed by atoms with Gasteiger partial charge in [-0.3, -0.25) is 5.41 Å². The number of carbonyl (C=O) groups is 1. The minimum absolute atomic E-state index is 0.108. The molecule has 0 radical (unpaired) electrons. The molecule has 154 valence electrons. The molecule has 3 aromatic rings. The number of aliphatic hydroxyl groups excluding tert-OH is 1. The van der Waals surface area contributed by atoms with Crippen LogP contribution in [0.2, 0.25) is 0 Å². The Morgan fingerprint density at radius 2 is 1.93 bits per heavy atom. The lowest BCUT2D eigenvalue weighted by molar-refractivity contribution is 0.0600. The lowest BCUT2D eigenvalue weighted by Crippen LogP contribution is -2.26. The first-order valence-corrected chi connectivity index (χ1v) is 9.37. The molecule has 8 heteroatoms. The fourth-order valence-corrected chi connectivity index (χ4v) is 3.62. The zero-order valence-corrected chi connectivity index (χ0v) is 17.0. The van der Waals surface area contributed by atoms with E-state index in [2.05, 4.69) is 4.98 Å². The van der Waals surface area contributed by atoms with Gasteiger partial charge < -0.3 is 24.0 Å². The van der Waals surface area contributed by atoms with Gasteiger partial charge in [-0.25, -0.2) is 9.78 Å². The molecule has 0 saturated heterocycles. The number of hydrogen-bond acceptors (Lipinski definition) is 6. The average Bonchev–Trinajstić information content (AvgIpc) is 3.22. The van der Waals surface area contributed by atoms with Gasteiger partial charge in [-0.15, -0.1) is 0 Å². The zero-order chi connectivity index (χ0) is 21.4. The molecule has 2 heterocycles. The number of imidazole rings is 1. The van der Waals surface area contributed by atoms with Crippen LogP contribution in [0.25, 0.3) is 16.6 Å². The summed E-state index contributed by atoms with van der Waals surface area (Å²) in [7, 11) is 4.80. The van der Waals surface area contributed by atoms with Gasteiger partial charge in [0.1, 0.15) is 23.2 Å². The number of rotatable bonds is 5. The van der Waals surface area contributed by atoms with Gasteiger partial charge in [0.2, 0.25) is 0 Å². The number of benzene rings is 2. The summed E-state index contributed by atoms with van der Waals surface area (Å²) in [6.07, 6.45) is 0. The highest BCUT2D eigenvalue weighted by molar-refractivity contribution is 6.23. The number of fused-ring (bicyclic) bond motifs is 1. The molecule has 0 atom stereocenters. The van der Waals surface area contributed by atoms with E-state index in [1.807, 2.05) is 41.9 Å². The number of aryl methyl sites for hydroxylation is 1. The van der Waals surface area contributed by atoms with Gasteiger partial charge in [0.05, 0.1) is 42.9 Å². The van der Waals surface area contributed by atoms with Crippen LogP contribution in [-0.4, -0.2) is 52.1 Å². The van der Waals surface area contributed by atoms with Crippen LogP contribution >= 0.6 is 0 Å². The molecule has 30 heavy (non-hydrogen) atoms. The molecule has 0 amide bonds. The highest BCUT2D eigenvalue weighted by Crippen LogP contribution is 2.31. The maximum atomic E-state index is 11.6. The van der Waals surface area contributed by atoms with Crippen molar-refractivity contribution in [2.24, 2.45) is 7.05 Å². The van der Waals surface area contributed by atoms with E-state index in [4.69, 9.17) is 14.9 Å². The number of esters is 1. The molecule has 2 N–H and O–H groups in total. The second-order valence-electron chi connectivity index (χ2n) is 7.06. The van der Waals surface area contributed by atoms with E-state index >= 15 is 0 Å².